The molecule has 1 aliphatic heterocycles. The molecule has 2 unspecified atom stereocenters. The molecule has 1 fully saturated rings. The van der Waals surface area contributed by atoms with Crippen molar-refractivity contribution < 1.29 is 13.6 Å². The molecule has 23 heavy (non-hydrogen) atoms. The van der Waals surface area contributed by atoms with Crippen LogP contribution in [0.3, 0.4) is 0 Å². The van der Waals surface area contributed by atoms with Gasteiger partial charge in [0, 0.05) is 30.9 Å². The van der Waals surface area contributed by atoms with E-state index in [9.17, 15) is 13.6 Å². The molecule has 1 aliphatic rings. The molecule has 1 saturated heterocycles. The summed E-state index contributed by atoms with van der Waals surface area (Å²) in [5.74, 6) is -1.92. The van der Waals surface area contributed by atoms with Gasteiger partial charge < -0.3 is 10.6 Å². The van der Waals surface area contributed by atoms with Gasteiger partial charge in [0.2, 0.25) is 5.91 Å². The molecule has 122 valence electrons. The summed E-state index contributed by atoms with van der Waals surface area (Å²) in [6.07, 6.45) is 4.07. The zero-order valence-electron chi connectivity index (χ0n) is 12.5. The number of carbonyl (C=O) groups is 1. The SMILES string of the molecule is O=C(Cn1cccn1)NC1CNCCC1c1ccc(F)c(F)c1. The number of rotatable bonds is 4. The molecule has 1 amide bonds. The van der Waals surface area contributed by atoms with E-state index < -0.39 is 11.6 Å². The van der Waals surface area contributed by atoms with Gasteiger partial charge in [0.15, 0.2) is 11.6 Å². The van der Waals surface area contributed by atoms with Gasteiger partial charge in [-0.2, -0.15) is 5.10 Å². The van der Waals surface area contributed by atoms with Crippen LogP contribution < -0.4 is 10.6 Å². The summed E-state index contributed by atoms with van der Waals surface area (Å²) in [6.45, 7) is 1.50. The van der Waals surface area contributed by atoms with Crippen LogP contribution in [0.25, 0.3) is 0 Å². The van der Waals surface area contributed by atoms with Crippen molar-refractivity contribution in [1.29, 1.82) is 0 Å². The Bertz CT molecular complexity index is 675. The van der Waals surface area contributed by atoms with Gasteiger partial charge in [-0.3, -0.25) is 9.48 Å². The van der Waals surface area contributed by atoms with E-state index in [4.69, 9.17) is 0 Å². The number of benzene rings is 1. The topological polar surface area (TPSA) is 59.0 Å². The van der Waals surface area contributed by atoms with Crippen LogP contribution in [-0.4, -0.2) is 34.8 Å². The van der Waals surface area contributed by atoms with Crippen LogP contribution in [0, 0.1) is 11.6 Å². The average Bonchev–Trinajstić information content (AvgIpc) is 3.03. The molecule has 5 nitrogen and oxygen atoms in total. The predicted octanol–water partition coefficient (Wildman–Crippen LogP) is 1.42. The maximum Gasteiger partial charge on any atom is 0.242 e. The van der Waals surface area contributed by atoms with Gasteiger partial charge in [-0.15, -0.1) is 0 Å². The second kappa shape index (κ2) is 6.87. The predicted molar refractivity (Wildman–Crippen MR) is 80.7 cm³/mol. The van der Waals surface area contributed by atoms with Crippen molar-refractivity contribution in [2.24, 2.45) is 0 Å². The summed E-state index contributed by atoms with van der Waals surface area (Å²) >= 11 is 0. The Labute approximate surface area is 132 Å². The van der Waals surface area contributed by atoms with Crippen LogP contribution >= 0.6 is 0 Å². The Morgan fingerprint density at radius 2 is 2.26 bits per heavy atom. The third-order valence-corrected chi connectivity index (χ3v) is 4.07. The van der Waals surface area contributed by atoms with Crippen LogP contribution in [0.1, 0.15) is 17.9 Å². The number of hydrogen-bond donors (Lipinski definition) is 2. The maximum atomic E-state index is 13.5. The second-order valence-electron chi connectivity index (χ2n) is 5.65. The van der Waals surface area contributed by atoms with Gasteiger partial charge in [0.25, 0.3) is 0 Å². The first-order chi connectivity index (χ1) is 11.1. The third-order valence-electron chi connectivity index (χ3n) is 4.07. The Balaban J connectivity index is 1.70. The molecule has 3 rings (SSSR count). The van der Waals surface area contributed by atoms with Crippen molar-refractivity contribution >= 4 is 5.91 Å². The molecule has 1 aromatic heterocycles. The average molecular weight is 320 g/mol. The van der Waals surface area contributed by atoms with E-state index >= 15 is 0 Å². The highest BCUT2D eigenvalue weighted by atomic mass is 19.2. The number of amides is 1. The Hall–Kier alpha value is -2.28. The van der Waals surface area contributed by atoms with Gasteiger partial charge in [-0.1, -0.05) is 6.07 Å². The summed E-state index contributed by atoms with van der Waals surface area (Å²) < 4.78 is 28.1. The number of aromatic nitrogens is 2. The van der Waals surface area contributed by atoms with Gasteiger partial charge >= 0.3 is 0 Å². The van der Waals surface area contributed by atoms with E-state index in [-0.39, 0.29) is 24.4 Å². The van der Waals surface area contributed by atoms with Crippen molar-refractivity contribution in [2.45, 2.75) is 24.9 Å². The first-order valence-corrected chi connectivity index (χ1v) is 7.56. The fourth-order valence-electron chi connectivity index (χ4n) is 2.95. The van der Waals surface area contributed by atoms with Crippen molar-refractivity contribution in [3.63, 3.8) is 0 Å². The maximum absolute atomic E-state index is 13.5. The summed E-state index contributed by atoms with van der Waals surface area (Å²) in [5, 5.41) is 10.2. The summed E-state index contributed by atoms with van der Waals surface area (Å²) in [4.78, 5) is 12.1. The second-order valence-corrected chi connectivity index (χ2v) is 5.65. The first-order valence-electron chi connectivity index (χ1n) is 7.56. The van der Waals surface area contributed by atoms with E-state index in [2.05, 4.69) is 15.7 Å². The van der Waals surface area contributed by atoms with E-state index in [1.54, 1.807) is 24.5 Å². The highest BCUT2D eigenvalue weighted by Gasteiger charge is 2.28. The fourth-order valence-corrected chi connectivity index (χ4v) is 2.95. The van der Waals surface area contributed by atoms with Gasteiger partial charge in [-0.05, 0) is 36.7 Å². The Kier molecular flexibility index (Phi) is 4.66. The largest absolute Gasteiger partial charge is 0.350 e. The lowest BCUT2D eigenvalue weighted by Gasteiger charge is -2.33. The molecule has 2 heterocycles. The molecule has 7 heteroatoms. The van der Waals surface area contributed by atoms with Crippen molar-refractivity contribution in [3.8, 4) is 0 Å². The van der Waals surface area contributed by atoms with E-state index in [1.165, 1.54) is 10.7 Å². The molecule has 0 spiro atoms. The third kappa shape index (κ3) is 3.73. The Morgan fingerprint density at radius 1 is 1.39 bits per heavy atom. The molecular weight excluding hydrogens is 302 g/mol. The standard InChI is InChI=1S/C16H18F2N4O/c17-13-3-2-11(8-14(13)18)12-4-6-19-9-15(12)21-16(23)10-22-7-1-5-20-22/h1-3,5,7-8,12,15,19H,4,6,9-10H2,(H,21,23). The minimum Gasteiger partial charge on any atom is -0.350 e. The minimum absolute atomic E-state index is 0.0482. The molecule has 2 aromatic rings. The molecule has 0 bridgehead atoms. The molecule has 2 atom stereocenters. The zero-order chi connectivity index (χ0) is 16.2. The fraction of sp³-hybridized carbons (Fsp3) is 0.375. The Morgan fingerprint density at radius 3 is 3.00 bits per heavy atom. The lowest BCUT2D eigenvalue weighted by atomic mass is 9.86. The highest BCUT2D eigenvalue weighted by molar-refractivity contribution is 5.76. The number of nitrogens with one attached hydrogen (secondary N) is 2. The molecule has 1 aromatic carbocycles. The van der Waals surface area contributed by atoms with E-state index in [0.717, 1.165) is 19.0 Å². The number of carbonyl (C=O) groups excluding carboxylic acids is 1. The normalized spacial score (nSPS) is 21.1. The van der Waals surface area contributed by atoms with E-state index in [0.29, 0.717) is 12.1 Å². The lowest BCUT2D eigenvalue weighted by Crippen LogP contribution is -2.50. The molecule has 2 N–H and O–H groups in total. The van der Waals surface area contributed by atoms with Crippen molar-refractivity contribution in [3.05, 3.63) is 53.9 Å². The molecular formula is C16H18F2N4O. The summed E-state index contributed by atoms with van der Waals surface area (Å²) in [5.41, 5.74) is 0.704. The van der Waals surface area contributed by atoms with Crippen LogP contribution in [0.5, 0.6) is 0 Å². The van der Waals surface area contributed by atoms with E-state index in [1.807, 2.05) is 0 Å². The first kappa shape index (κ1) is 15.6. The lowest BCUT2D eigenvalue weighted by molar-refractivity contribution is -0.122. The quantitative estimate of drug-likeness (QED) is 0.896. The number of piperidine rings is 1. The highest BCUT2D eigenvalue weighted by Crippen LogP contribution is 2.27. The van der Waals surface area contributed by atoms with Crippen LogP contribution in [0.2, 0.25) is 0 Å². The van der Waals surface area contributed by atoms with Crippen molar-refractivity contribution in [2.75, 3.05) is 13.1 Å². The monoisotopic (exact) mass is 320 g/mol. The minimum atomic E-state index is -0.859. The summed E-state index contributed by atoms with van der Waals surface area (Å²) in [6, 6.07) is 5.52. The molecule has 0 saturated carbocycles. The zero-order valence-corrected chi connectivity index (χ0v) is 12.5. The van der Waals surface area contributed by atoms with Crippen LogP contribution in [0.4, 0.5) is 8.78 Å². The number of halogens is 2. The molecule has 0 radical (unpaired) electrons. The summed E-state index contributed by atoms with van der Waals surface area (Å²) in [7, 11) is 0. The smallest absolute Gasteiger partial charge is 0.242 e. The van der Waals surface area contributed by atoms with Gasteiger partial charge in [-0.25, -0.2) is 8.78 Å². The van der Waals surface area contributed by atoms with Gasteiger partial charge in [0.1, 0.15) is 6.54 Å². The number of nitrogens with zero attached hydrogens (tertiary/aromatic N) is 2. The molecule has 0 aliphatic carbocycles. The van der Waals surface area contributed by atoms with Crippen LogP contribution in [-0.2, 0) is 11.3 Å². The van der Waals surface area contributed by atoms with Gasteiger partial charge in [0.05, 0.1) is 0 Å². The van der Waals surface area contributed by atoms with Crippen LogP contribution in [0.15, 0.2) is 36.7 Å². The number of hydrogen-bond acceptors (Lipinski definition) is 3. The van der Waals surface area contributed by atoms with Crippen molar-refractivity contribution in [1.82, 2.24) is 20.4 Å².